The maximum atomic E-state index is 11.6. The Morgan fingerprint density at radius 2 is 1.81 bits per heavy atom. The molecule has 0 fully saturated rings. The Bertz CT molecular complexity index is 726. The molecule has 2 aromatic rings. The molecule has 1 atom stereocenters. The van der Waals surface area contributed by atoms with E-state index >= 15 is 0 Å². The number of sulfone groups is 1. The first kappa shape index (κ1) is 15.5. The Labute approximate surface area is 125 Å². The molecule has 0 heterocycles. The maximum Gasteiger partial charge on any atom is 0.175 e. The monoisotopic (exact) mass is 305 g/mol. The van der Waals surface area contributed by atoms with E-state index in [-0.39, 0.29) is 10.9 Å². The van der Waals surface area contributed by atoms with Crippen LogP contribution in [-0.4, -0.2) is 21.7 Å². The second kappa shape index (κ2) is 6.28. The Morgan fingerprint density at radius 1 is 1.10 bits per heavy atom. The minimum absolute atomic E-state index is 0.138. The average molecular weight is 305 g/mol. The Hall–Kier alpha value is -1.85. The summed E-state index contributed by atoms with van der Waals surface area (Å²) < 4.78 is 29.1. The second-order valence-corrected chi connectivity index (χ2v) is 6.91. The first-order chi connectivity index (χ1) is 9.91. The van der Waals surface area contributed by atoms with E-state index in [0.717, 1.165) is 5.56 Å². The van der Waals surface area contributed by atoms with Gasteiger partial charge in [0.1, 0.15) is 11.5 Å². The Morgan fingerprint density at radius 3 is 2.48 bits per heavy atom. The lowest BCUT2D eigenvalue weighted by Gasteiger charge is -2.16. The van der Waals surface area contributed by atoms with E-state index < -0.39 is 9.84 Å². The van der Waals surface area contributed by atoms with Gasteiger partial charge in [-0.1, -0.05) is 24.3 Å². The van der Waals surface area contributed by atoms with Gasteiger partial charge in [-0.25, -0.2) is 8.42 Å². The zero-order chi connectivity index (χ0) is 15.5. The van der Waals surface area contributed by atoms with Crippen molar-refractivity contribution in [3.05, 3.63) is 54.1 Å². The first-order valence-corrected chi connectivity index (χ1v) is 8.55. The zero-order valence-electron chi connectivity index (χ0n) is 12.3. The largest absolute Gasteiger partial charge is 0.457 e. The molecule has 0 saturated heterocycles. The van der Waals surface area contributed by atoms with Crippen molar-refractivity contribution >= 4 is 9.84 Å². The molecule has 112 valence electrons. The van der Waals surface area contributed by atoms with E-state index in [2.05, 4.69) is 5.32 Å². The molecule has 0 aliphatic rings. The van der Waals surface area contributed by atoms with E-state index in [9.17, 15) is 8.42 Å². The lowest BCUT2D eigenvalue weighted by Crippen LogP contribution is -2.13. The molecule has 1 unspecified atom stereocenters. The van der Waals surface area contributed by atoms with Crippen LogP contribution in [-0.2, 0) is 9.84 Å². The van der Waals surface area contributed by atoms with Crippen LogP contribution in [0.2, 0.25) is 0 Å². The van der Waals surface area contributed by atoms with Crippen LogP contribution in [0, 0.1) is 0 Å². The van der Waals surface area contributed by atoms with Gasteiger partial charge in [0.25, 0.3) is 0 Å². The standard InChI is InChI=1S/C16H19NO3S/c1-12(17-2)15-9-4-5-10-16(15)20-13-7-6-8-14(11-13)21(3,18)19/h4-12,17H,1-3H3. The van der Waals surface area contributed by atoms with Crippen LogP contribution in [0.5, 0.6) is 11.5 Å². The summed E-state index contributed by atoms with van der Waals surface area (Å²) in [6.07, 6.45) is 1.18. The average Bonchev–Trinajstić information content (AvgIpc) is 2.46. The van der Waals surface area contributed by atoms with E-state index in [1.54, 1.807) is 18.2 Å². The highest BCUT2D eigenvalue weighted by molar-refractivity contribution is 7.90. The third-order valence-corrected chi connectivity index (χ3v) is 4.39. The smallest absolute Gasteiger partial charge is 0.175 e. The number of rotatable bonds is 5. The molecule has 0 aromatic heterocycles. The fraction of sp³-hybridized carbons (Fsp3) is 0.250. The zero-order valence-corrected chi connectivity index (χ0v) is 13.1. The summed E-state index contributed by atoms with van der Waals surface area (Å²) in [5.74, 6) is 1.22. The summed E-state index contributed by atoms with van der Waals surface area (Å²) in [5, 5.41) is 3.17. The van der Waals surface area contributed by atoms with E-state index in [4.69, 9.17) is 4.74 Å². The molecule has 0 spiro atoms. The molecule has 0 bridgehead atoms. The second-order valence-electron chi connectivity index (χ2n) is 4.90. The number of hydrogen-bond donors (Lipinski definition) is 1. The van der Waals surface area contributed by atoms with Gasteiger partial charge in [0, 0.05) is 17.9 Å². The van der Waals surface area contributed by atoms with Crippen LogP contribution >= 0.6 is 0 Å². The van der Waals surface area contributed by atoms with Gasteiger partial charge in [-0.05, 0) is 38.2 Å². The van der Waals surface area contributed by atoms with Gasteiger partial charge in [-0.3, -0.25) is 0 Å². The minimum Gasteiger partial charge on any atom is -0.457 e. The van der Waals surface area contributed by atoms with E-state index in [0.29, 0.717) is 11.5 Å². The number of nitrogens with one attached hydrogen (secondary N) is 1. The third-order valence-electron chi connectivity index (χ3n) is 3.28. The molecule has 0 aliphatic heterocycles. The van der Waals surface area contributed by atoms with Gasteiger partial charge < -0.3 is 10.1 Å². The topological polar surface area (TPSA) is 55.4 Å². The molecule has 2 rings (SSSR count). The van der Waals surface area contributed by atoms with Crippen molar-refractivity contribution in [3.63, 3.8) is 0 Å². The number of ether oxygens (including phenoxy) is 1. The van der Waals surface area contributed by atoms with Crippen LogP contribution in [0.3, 0.4) is 0 Å². The van der Waals surface area contributed by atoms with Crippen LogP contribution in [0.1, 0.15) is 18.5 Å². The SMILES string of the molecule is CNC(C)c1ccccc1Oc1cccc(S(C)(=O)=O)c1. The van der Waals surface area contributed by atoms with Gasteiger partial charge >= 0.3 is 0 Å². The summed E-state index contributed by atoms with van der Waals surface area (Å²) in [6, 6.07) is 14.4. The fourth-order valence-electron chi connectivity index (χ4n) is 1.98. The van der Waals surface area contributed by atoms with Crippen molar-refractivity contribution in [2.45, 2.75) is 17.9 Å². The lowest BCUT2D eigenvalue weighted by molar-refractivity contribution is 0.465. The molecule has 0 amide bonds. The minimum atomic E-state index is -3.24. The van der Waals surface area contributed by atoms with Crippen molar-refractivity contribution in [2.75, 3.05) is 13.3 Å². The molecule has 0 radical (unpaired) electrons. The number of para-hydroxylation sites is 1. The normalized spacial score (nSPS) is 12.9. The van der Waals surface area contributed by atoms with Crippen molar-refractivity contribution in [1.29, 1.82) is 0 Å². The van der Waals surface area contributed by atoms with Crippen molar-refractivity contribution in [1.82, 2.24) is 5.32 Å². The van der Waals surface area contributed by atoms with Crippen molar-refractivity contribution in [3.8, 4) is 11.5 Å². The summed E-state index contributed by atoms with van der Waals surface area (Å²) >= 11 is 0. The highest BCUT2D eigenvalue weighted by Crippen LogP contribution is 2.30. The highest BCUT2D eigenvalue weighted by Gasteiger charge is 2.12. The quantitative estimate of drug-likeness (QED) is 0.922. The molecule has 0 aliphatic carbocycles. The van der Waals surface area contributed by atoms with Crippen molar-refractivity contribution < 1.29 is 13.2 Å². The maximum absolute atomic E-state index is 11.6. The highest BCUT2D eigenvalue weighted by atomic mass is 32.2. The van der Waals surface area contributed by atoms with Crippen LogP contribution in [0.4, 0.5) is 0 Å². The van der Waals surface area contributed by atoms with E-state index in [1.165, 1.54) is 12.3 Å². The summed E-state index contributed by atoms with van der Waals surface area (Å²) in [6.45, 7) is 2.04. The lowest BCUT2D eigenvalue weighted by atomic mass is 10.1. The first-order valence-electron chi connectivity index (χ1n) is 6.66. The molecule has 4 nitrogen and oxygen atoms in total. The van der Waals surface area contributed by atoms with Crippen LogP contribution in [0.15, 0.2) is 53.4 Å². The predicted molar refractivity (Wildman–Crippen MR) is 83.5 cm³/mol. The number of benzene rings is 2. The summed E-state index contributed by atoms with van der Waals surface area (Å²) in [5.41, 5.74) is 1.02. The fourth-order valence-corrected chi connectivity index (χ4v) is 2.64. The number of hydrogen-bond acceptors (Lipinski definition) is 4. The van der Waals surface area contributed by atoms with Crippen molar-refractivity contribution in [2.24, 2.45) is 0 Å². The Balaban J connectivity index is 2.35. The van der Waals surface area contributed by atoms with Crippen LogP contribution < -0.4 is 10.1 Å². The van der Waals surface area contributed by atoms with Gasteiger partial charge in [-0.2, -0.15) is 0 Å². The predicted octanol–water partition coefficient (Wildman–Crippen LogP) is 3.16. The molecule has 2 aromatic carbocycles. The molecule has 21 heavy (non-hydrogen) atoms. The van der Waals surface area contributed by atoms with Gasteiger partial charge in [0.2, 0.25) is 0 Å². The summed E-state index contributed by atoms with van der Waals surface area (Å²) in [4.78, 5) is 0.249. The molecular weight excluding hydrogens is 286 g/mol. The molecule has 1 N–H and O–H groups in total. The third kappa shape index (κ3) is 3.83. The Kier molecular flexibility index (Phi) is 4.65. The molecule has 0 saturated carbocycles. The molecular formula is C16H19NO3S. The van der Waals surface area contributed by atoms with Crippen LogP contribution in [0.25, 0.3) is 0 Å². The molecule has 5 heteroatoms. The van der Waals surface area contributed by atoms with E-state index in [1.807, 2.05) is 38.2 Å². The van der Waals surface area contributed by atoms with Gasteiger partial charge in [0.15, 0.2) is 9.84 Å². The van der Waals surface area contributed by atoms with Gasteiger partial charge in [0.05, 0.1) is 4.90 Å². The van der Waals surface area contributed by atoms with Gasteiger partial charge in [-0.15, -0.1) is 0 Å². The summed E-state index contributed by atoms with van der Waals surface area (Å²) in [7, 11) is -1.36.